The number of amides is 1. The molecular weight excluding hydrogens is 172 g/mol. The lowest BCUT2D eigenvalue weighted by Gasteiger charge is -1.98. The van der Waals surface area contributed by atoms with Crippen molar-refractivity contribution in [2.75, 3.05) is 5.32 Å². The van der Waals surface area contributed by atoms with Gasteiger partial charge in [-0.15, -0.1) is 4.91 Å². The lowest BCUT2D eigenvalue weighted by atomic mass is 10.3. The van der Waals surface area contributed by atoms with Crippen molar-refractivity contribution in [2.24, 2.45) is 5.34 Å². The highest BCUT2D eigenvalue weighted by Crippen LogP contribution is 2.03. The molecule has 5 nitrogen and oxygen atoms in total. The molecule has 0 atom stereocenters. The molecule has 1 aromatic rings. The number of hydrogen-bond donors (Lipinski definition) is 2. The fourth-order valence-electron chi connectivity index (χ4n) is 0.725. The van der Waals surface area contributed by atoms with E-state index in [-0.39, 0.29) is 5.91 Å². The Morgan fingerprint density at radius 2 is 1.85 bits per heavy atom. The molecule has 0 saturated heterocycles. The number of carbonyl (C=O) groups is 1. The summed E-state index contributed by atoms with van der Waals surface area (Å²) in [6, 6.07) is 9.37. The highest BCUT2D eigenvalue weighted by molar-refractivity contribution is 5.88. The highest BCUT2D eigenvalue weighted by Gasteiger charge is 1.90. The molecule has 13 heavy (non-hydrogen) atoms. The van der Waals surface area contributed by atoms with E-state index < -0.39 is 0 Å². The van der Waals surface area contributed by atoms with E-state index in [9.17, 15) is 4.79 Å². The predicted molar refractivity (Wildman–Crippen MR) is 48.3 cm³/mol. The van der Waals surface area contributed by atoms with E-state index >= 15 is 0 Å². The zero-order valence-electron chi connectivity index (χ0n) is 7.10. The van der Waals surface area contributed by atoms with E-state index in [0.717, 1.165) is 5.69 Å². The summed E-state index contributed by atoms with van der Waals surface area (Å²) in [5.74, 6) is -0.0359. The second kappa shape index (κ2) is 6.78. The largest absolute Gasteiger partial charge is 0.379 e. The van der Waals surface area contributed by atoms with Gasteiger partial charge in [-0.1, -0.05) is 18.2 Å². The van der Waals surface area contributed by atoms with Crippen molar-refractivity contribution < 1.29 is 10.0 Å². The van der Waals surface area contributed by atoms with Crippen molar-refractivity contribution in [3.8, 4) is 0 Å². The average molecular weight is 182 g/mol. The SMILES string of the molecule is CC(=O)Nc1ccccc1.O=NO. The van der Waals surface area contributed by atoms with Crippen LogP contribution in [0.3, 0.4) is 0 Å². The van der Waals surface area contributed by atoms with E-state index in [4.69, 9.17) is 10.1 Å². The maximum atomic E-state index is 10.5. The standard InChI is InChI=1S/C8H9NO.HNO2/c1-7(10)9-8-5-3-2-4-6-8;2-1-3/h2-6H,1H3,(H,9,10);(H,2,3). The van der Waals surface area contributed by atoms with Crippen molar-refractivity contribution >= 4 is 11.6 Å². The molecule has 0 aromatic heterocycles. The molecule has 0 spiro atoms. The van der Waals surface area contributed by atoms with Crippen LogP contribution >= 0.6 is 0 Å². The van der Waals surface area contributed by atoms with Crippen molar-refractivity contribution in [3.63, 3.8) is 0 Å². The van der Waals surface area contributed by atoms with Gasteiger partial charge in [-0.05, 0) is 12.1 Å². The van der Waals surface area contributed by atoms with Crippen molar-refractivity contribution in [1.29, 1.82) is 0 Å². The summed E-state index contributed by atoms with van der Waals surface area (Å²) in [6.07, 6.45) is 0. The number of anilines is 1. The first-order chi connectivity index (χ1) is 6.20. The van der Waals surface area contributed by atoms with Crippen LogP contribution in [-0.2, 0) is 4.79 Å². The van der Waals surface area contributed by atoms with E-state index in [1.165, 1.54) is 12.3 Å². The van der Waals surface area contributed by atoms with Crippen LogP contribution in [0.1, 0.15) is 6.92 Å². The molecule has 0 unspecified atom stereocenters. The van der Waals surface area contributed by atoms with Crippen LogP contribution in [0.4, 0.5) is 5.69 Å². The molecule has 0 aliphatic rings. The van der Waals surface area contributed by atoms with Crippen LogP contribution in [-0.4, -0.2) is 11.1 Å². The lowest BCUT2D eigenvalue weighted by molar-refractivity contribution is -0.114. The van der Waals surface area contributed by atoms with Gasteiger partial charge in [0.25, 0.3) is 0 Å². The normalized spacial score (nSPS) is 7.77. The Bertz CT molecular complexity index is 261. The van der Waals surface area contributed by atoms with Gasteiger partial charge in [-0.2, -0.15) is 0 Å². The first kappa shape index (κ1) is 11.1. The third-order valence-electron chi connectivity index (χ3n) is 1.09. The van der Waals surface area contributed by atoms with Crippen LogP contribution in [0, 0.1) is 4.91 Å². The summed E-state index contributed by atoms with van der Waals surface area (Å²) in [4.78, 5) is 18.6. The van der Waals surface area contributed by atoms with Gasteiger partial charge in [0.05, 0.1) is 0 Å². The van der Waals surface area contributed by atoms with Gasteiger partial charge in [-0.25, -0.2) is 0 Å². The summed E-state index contributed by atoms with van der Waals surface area (Å²) < 4.78 is 0. The number of nitrogens with one attached hydrogen (secondary N) is 1. The van der Waals surface area contributed by atoms with Crippen LogP contribution in [0.5, 0.6) is 0 Å². The number of rotatable bonds is 1. The smallest absolute Gasteiger partial charge is 0.221 e. The van der Waals surface area contributed by atoms with E-state index in [2.05, 4.69) is 5.32 Å². The third kappa shape index (κ3) is 6.49. The molecule has 1 amide bonds. The molecule has 0 aliphatic carbocycles. The molecule has 2 N–H and O–H groups in total. The topological polar surface area (TPSA) is 78.8 Å². The Hall–Kier alpha value is -1.91. The minimum Gasteiger partial charge on any atom is -0.379 e. The first-order valence-electron chi connectivity index (χ1n) is 3.50. The van der Waals surface area contributed by atoms with Gasteiger partial charge in [0, 0.05) is 12.6 Å². The summed E-state index contributed by atoms with van der Waals surface area (Å²) >= 11 is 0. The third-order valence-corrected chi connectivity index (χ3v) is 1.09. The highest BCUT2D eigenvalue weighted by atomic mass is 16.6. The molecule has 0 radical (unpaired) electrons. The fourth-order valence-corrected chi connectivity index (χ4v) is 0.725. The second-order valence-corrected chi connectivity index (χ2v) is 2.13. The van der Waals surface area contributed by atoms with Crippen LogP contribution in [0.25, 0.3) is 0 Å². The Morgan fingerprint density at radius 1 is 1.38 bits per heavy atom. The van der Waals surface area contributed by atoms with Crippen LogP contribution < -0.4 is 5.32 Å². The van der Waals surface area contributed by atoms with Gasteiger partial charge in [0.1, 0.15) is 0 Å². The average Bonchev–Trinajstić information content (AvgIpc) is 2.06. The molecule has 70 valence electrons. The minimum absolute atomic E-state index is 0.0359. The van der Waals surface area contributed by atoms with Crippen LogP contribution in [0.15, 0.2) is 35.7 Å². The summed E-state index contributed by atoms with van der Waals surface area (Å²) in [6.45, 7) is 1.49. The van der Waals surface area contributed by atoms with Crippen LogP contribution in [0.2, 0.25) is 0 Å². The molecule has 0 aliphatic heterocycles. The second-order valence-electron chi connectivity index (χ2n) is 2.13. The Morgan fingerprint density at radius 3 is 2.23 bits per heavy atom. The first-order valence-corrected chi connectivity index (χ1v) is 3.50. The Balaban J connectivity index is 0.000000424. The quantitative estimate of drug-likeness (QED) is 0.513. The number of benzene rings is 1. The van der Waals surface area contributed by atoms with Gasteiger partial charge in [0.2, 0.25) is 5.91 Å². The Labute approximate surface area is 75.3 Å². The van der Waals surface area contributed by atoms with Crippen molar-refractivity contribution in [3.05, 3.63) is 35.2 Å². The zero-order valence-corrected chi connectivity index (χ0v) is 7.10. The number of para-hydroxylation sites is 1. The summed E-state index contributed by atoms with van der Waals surface area (Å²) in [5.41, 5.74) is 0.843. The maximum Gasteiger partial charge on any atom is 0.221 e. The van der Waals surface area contributed by atoms with Gasteiger partial charge in [0.15, 0.2) is 5.34 Å². The fraction of sp³-hybridized carbons (Fsp3) is 0.125. The predicted octanol–water partition coefficient (Wildman–Crippen LogP) is 1.79. The number of hydrogen-bond acceptors (Lipinski definition) is 3. The van der Waals surface area contributed by atoms with Crippen molar-refractivity contribution in [2.45, 2.75) is 6.92 Å². The lowest BCUT2D eigenvalue weighted by Crippen LogP contribution is -2.04. The van der Waals surface area contributed by atoms with Crippen molar-refractivity contribution in [1.82, 2.24) is 0 Å². The molecule has 0 bridgehead atoms. The molecule has 0 fully saturated rings. The minimum atomic E-state index is -0.0359. The molecule has 0 saturated carbocycles. The Kier molecular flexibility index (Phi) is 5.78. The number of nitrogens with zero attached hydrogens (tertiary/aromatic N) is 1. The summed E-state index contributed by atoms with van der Waals surface area (Å²) in [7, 11) is 0. The zero-order chi connectivity index (χ0) is 10.1. The molecule has 5 heteroatoms. The summed E-state index contributed by atoms with van der Waals surface area (Å²) in [5, 5.41) is 10.6. The van der Waals surface area contributed by atoms with E-state index in [0.29, 0.717) is 0 Å². The molecular formula is C8H10N2O3. The molecule has 1 rings (SSSR count). The van der Waals surface area contributed by atoms with Gasteiger partial charge < -0.3 is 10.5 Å². The van der Waals surface area contributed by atoms with E-state index in [1.807, 2.05) is 30.3 Å². The molecule has 1 aromatic carbocycles. The van der Waals surface area contributed by atoms with Gasteiger partial charge >= 0.3 is 0 Å². The molecule has 0 heterocycles. The van der Waals surface area contributed by atoms with Gasteiger partial charge in [-0.3, -0.25) is 4.79 Å². The number of carbonyl (C=O) groups excluding carboxylic acids is 1. The van der Waals surface area contributed by atoms with E-state index in [1.54, 1.807) is 0 Å². The monoisotopic (exact) mass is 182 g/mol. The maximum absolute atomic E-state index is 10.5.